The van der Waals surface area contributed by atoms with Gasteiger partial charge in [0.1, 0.15) is 6.07 Å². The van der Waals surface area contributed by atoms with Crippen molar-refractivity contribution >= 4 is 11.6 Å². The molecule has 74 valence electrons. The highest BCUT2D eigenvalue weighted by atomic mass is 35.5. The summed E-state index contributed by atoms with van der Waals surface area (Å²) in [5.41, 5.74) is -0.134. The molecule has 0 amide bonds. The van der Waals surface area contributed by atoms with Gasteiger partial charge in [0.2, 0.25) is 0 Å². The average Bonchev–Trinajstić information content (AvgIpc) is 2.10. The quantitative estimate of drug-likeness (QED) is 0.769. The van der Waals surface area contributed by atoms with E-state index in [1.54, 1.807) is 6.07 Å². The highest BCUT2D eigenvalue weighted by molar-refractivity contribution is 6.31. The fourth-order valence-electron chi connectivity index (χ4n) is 0.801. The molecule has 0 bridgehead atoms. The first-order chi connectivity index (χ1) is 6.54. The van der Waals surface area contributed by atoms with Crippen LogP contribution in [0.1, 0.15) is 5.56 Å². The van der Waals surface area contributed by atoms with Crippen LogP contribution in [0.3, 0.4) is 0 Å². The number of ether oxygens (including phenoxy) is 1. The molecule has 14 heavy (non-hydrogen) atoms. The SMILES string of the molecule is N#Cc1cc(F)c(OC(F)F)cc1Cl. The molecule has 0 fully saturated rings. The molecule has 0 heterocycles. The van der Waals surface area contributed by atoms with Gasteiger partial charge < -0.3 is 4.74 Å². The van der Waals surface area contributed by atoms with Gasteiger partial charge in [-0.25, -0.2) is 4.39 Å². The number of alkyl halides is 2. The van der Waals surface area contributed by atoms with E-state index in [2.05, 4.69) is 4.74 Å². The van der Waals surface area contributed by atoms with Gasteiger partial charge in [0, 0.05) is 6.07 Å². The number of rotatable bonds is 2. The minimum Gasteiger partial charge on any atom is -0.432 e. The summed E-state index contributed by atoms with van der Waals surface area (Å²) < 4.78 is 40.2. The van der Waals surface area contributed by atoms with Crippen molar-refractivity contribution in [2.75, 3.05) is 0 Å². The van der Waals surface area contributed by atoms with Crippen LogP contribution in [0.5, 0.6) is 5.75 Å². The number of halogens is 4. The molecule has 0 aliphatic heterocycles. The Kier molecular flexibility index (Phi) is 3.20. The van der Waals surface area contributed by atoms with Gasteiger partial charge in [-0.3, -0.25) is 0 Å². The summed E-state index contributed by atoms with van der Waals surface area (Å²) >= 11 is 5.47. The Morgan fingerprint density at radius 3 is 2.57 bits per heavy atom. The third-order valence-electron chi connectivity index (χ3n) is 1.36. The molecule has 0 spiro atoms. The molecular formula is C8H3ClF3NO. The van der Waals surface area contributed by atoms with E-state index in [1.165, 1.54) is 0 Å². The van der Waals surface area contributed by atoms with Gasteiger partial charge in [-0.15, -0.1) is 0 Å². The Labute approximate surface area is 82.5 Å². The molecule has 0 radical (unpaired) electrons. The molecule has 1 aromatic rings. The zero-order chi connectivity index (χ0) is 10.7. The molecule has 6 heteroatoms. The fraction of sp³-hybridized carbons (Fsp3) is 0.125. The van der Waals surface area contributed by atoms with Crippen LogP contribution in [0.15, 0.2) is 12.1 Å². The Balaban J connectivity index is 3.10. The van der Waals surface area contributed by atoms with Crippen LogP contribution in [0.25, 0.3) is 0 Å². The number of nitriles is 1. The van der Waals surface area contributed by atoms with E-state index < -0.39 is 18.2 Å². The Bertz CT molecular complexity index is 389. The van der Waals surface area contributed by atoms with Crippen LogP contribution >= 0.6 is 11.6 Å². The summed E-state index contributed by atoms with van der Waals surface area (Å²) in [5, 5.41) is 8.29. The maximum Gasteiger partial charge on any atom is 0.387 e. The zero-order valence-electron chi connectivity index (χ0n) is 6.60. The molecule has 0 aliphatic rings. The summed E-state index contributed by atoms with van der Waals surface area (Å²) in [7, 11) is 0. The highest BCUT2D eigenvalue weighted by Crippen LogP contribution is 2.26. The van der Waals surface area contributed by atoms with Crippen molar-refractivity contribution in [3.05, 3.63) is 28.5 Å². The second-order valence-corrected chi connectivity index (χ2v) is 2.66. The van der Waals surface area contributed by atoms with Crippen LogP contribution in [0.4, 0.5) is 13.2 Å². The Morgan fingerprint density at radius 2 is 2.07 bits per heavy atom. The van der Waals surface area contributed by atoms with E-state index >= 15 is 0 Å². The minimum absolute atomic E-state index is 0.134. The van der Waals surface area contributed by atoms with Gasteiger partial charge in [-0.05, 0) is 6.07 Å². The molecule has 2 nitrogen and oxygen atoms in total. The summed E-state index contributed by atoms with van der Waals surface area (Å²) in [6, 6.07) is 3.17. The second-order valence-electron chi connectivity index (χ2n) is 2.25. The molecule has 0 aliphatic carbocycles. The van der Waals surface area contributed by atoms with E-state index in [4.69, 9.17) is 16.9 Å². The largest absolute Gasteiger partial charge is 0.432 e. The first-order valence-corrected chi connectivity index (χ1v) is 3.76. The molecule has 1 rings (SSSR count). The van der Waals surface area contributed by atoms with Crippen molar-refractivity contribution in [3.63, 3.8) is 0 Å². The lowest BCUT2D eigenvalue weighted by atomic mass is 10.2. The van der Waals surface area contributed by atoms with Crippen LogP contribution in [-0.2, 0) is 0 Å². The molecule has 0 saturated carbocycles. The van der Waals surface area contributed by atoms with Crippen LogP contribution in [-0.4, -0.2) is 6.61 Å². The van der Waals surface area contributed by atoms with Crippen LogP contribution < -0.4 is 4.74 Å². The smallest absolute Gasteiger partial charge is 0.387 e. The molecule has 1 aromatic carbocycles. The minimum atomic E-state index is -3.13. The first-order valence-electron chi connectivity index (χ1n) is 3.38. The highest BCUT2D eigenvalue weighted by Gasteiger charge is 2.13. The van der Waals surface area contributed by atoms with Crippen LogP contribution in [0.2, 0.25) is 5.02 Å². The second kappa shape index (κ2) is 4.20. The Morgan fingerprint density at radius 1 is 1.43 bits per heavy atom. The number of hydrogen-bond donors (Lipinski definition) is 0. The lowest BCUT2D eigenvalue weighted by Gasteiger charge is -2.06. The molecule has 0 atom stereocenters. The van der Waals surface area contributed by atoms with Gasteiger partial charge in [-0.1, -0.05) is 11.6 Å². The van der Waals surface area contributed by atoms with E-state index in [9.17, 15) is 13.2 Å². The molecule has 0 saturated heterocycles. The van der Waals surface area contributed by atoms with E-state index in [1.807, 2.05) is 0 Å². The first kappa shape index (κ1) is 10.7. The normalized spacial score (nSPS) is 10.0. The molecular weight excluding hydrogens is 219 g/mol. The molecule has 0 unspecified atom stereocenters. The third kappa shape index (κ3) is 2.30. The molecule has 0 N–H and O–H groups in total. The monoisotopic (exact) mass is 221 g/mol. The summed E-state index contributed by atoms with van der Waals surface area (Å²) in [4.78, 5) is 0. The number of hydrogen-bond acceptors (Lipinski definition) is 2. The molecule has 0 aromatic heterocycles. The predicted octanol–water partition coefficient (Wildman–Crippen LogP) is 2.95. The average molecular weight is 222 g/mol. The summed E-state index contributed by atoms with van der Waals surface area (Å²) in [6.07, 6.45) is 0. The summed E-state index contributed by atoms with van der Waals surface area (Å²) in [6.45, 7) is -3.13. The van der Waals surface area contributed by atoms with Crippen molar-refractivity contribution in [2.45, 2.75) is 6.61 Å². The van der Waals surface area contributed by atoms with Crippen molar-refractivity contribution in [3.8, 4) is 11.8 Å². The van der Waals surface area contributed by atoms with Gasteiger partial charge in [-0.2, -0.15) is 14.0 Å². The van der Waals surface area contributed by atoms with E-state index in [0.717, 1.165) is 12.1 Å². The van der Waals surface area contributed by atoms with Crippen molar-refractivity contribution in [1.82, 2.24) is 0 Å². The van der Waals surface area contributed by atoms with Crippen molar-refractivity contribution in [1.29, 1.82) is 5.26 Å². The topological polar surface area (TPSA) is 33.0 Å². The van der Waals surface area contributed by atoms with Gasteiger partial charge >= 0.3 is 6.61 Å². The summed E-state index contributed by atoms with van der Waals surface area (Å²) in [5.74, 6) is -1.73. The van der Waals surface area contributed by atoms with Crippen LogP contribution in [0, 0.1) is 17.1 Å². The Hall–Kier alpha value is -1.41. The van der Waals surface area contributed by atoms with Crippen molar-refractivity contribution in [2.24, 2.45) is 0 Å². The van der Waals surface area contributed by atoms with E-state index in [0.29, 0.717) is 0 Å². The van der Waals surface area contributed by atoms with Gasteiger partial charge in [0.15, 0.2) is 11.6 Å². The number of benzene rings is 1. The van der Waals surface area contributed by atoms with Crippen molar-refractivity contribution < 1.29 is 17.9 Å². The number of nitrogens with zero attached hydrogens (tertiary/aromatic N) is 1. The third-order valence-corrected chi connectivity index (χ3v) is 1.67. The maximum absolute atomic E-state index is 12.9. The zero-order valence-corrected chi connectivity index (χ0v) is 7.36. The lowest BCUT2D eigenvalue weighted by molar-refractivity contribution is -0.0521. The van der Waals surface area contributed by atoms with Gasteiger partial charge in [0.05, 0.1) is 10.6 Å². The standard InChI is InChI=1S/C8H3ClF3NO/c9-5-2-7(14-8(11)12)6(10)1-4(5)3-13/h1-2,8H. The maximum atomic E-state index is 12.9. The fourth-order valence-corrected chi connectivity index (χ4v) is 0.996. The van der Waals surface area contributed by atoms with E-state index in [-0.39, 0.29) is 10.6 Å². The van der Waals surface area contributed by atoms with Gasteiger partial charge in [0.25, 0.3) is 0 Å². The lowest BCUT2D eigenvalue weighted by Crippen LogP contribution is -2.04. The predicted molar refractivity (Wildman–Crippen MR) is 42.8 cm³/mol.